The van der Waals surface area contributed by atoms with E-state index in [4.69, 9.17) is 5.11 Å². The fourth-order valence-corrected chi connectivity index (χ4v) is 1.08. The Bertz CT molecular complexity index is 121. The van der Waals surface area contributed by atoms with Crippen LogP contribution < -0.4 is 0 Å². The van der Waals surface area contributed by atoms with Gasteiger partial charge < -0.3 is 10.0 Å². The first kappa shape index (κ1) is 12.7. The maximum atomic E-state index is 11.8. The smallest absolute Gasteiger partial charge is 0.390 e. The maximum Gasteiger partial charge on any atom is 0.390 e. The van der Waals surface area contributed by atoms with Crippen LogP contribution in [0.5, 0.6) is 0 Å². The number of rotatable bonds is 6. The van der Waals surface area contributed by atoms with E-state index in [1.807, 2.05) is 6.92 Å². The van der Waals surface area contributed by atoms with Gasteiger partial charge in [-0.05, 0) is 13.0 Å². The number of aliphatic hydroxyl groups excluding tert-OH is 1. The van der Waals surface area contributed by atoms with E-state index in [1.54, 1.807) is 4.90 Å². The topological polar surface area (TPSA) is 23.5 Å². The zero-order valence-electron chi connectivity index (χ0n) is 7.77. The molecule has 2 nitrogen and oxygen atoms in total. The van der Waals surface area contributed by atoms with Gasteiger partial charge in [-0.15, -0.1) is 0 Å². The lowest BCUT2D eigenvalue weighted by atomic mass is 10.3. The van der Waals surface area contributed by atoms with Gasteiger partial charge in [0.25, 0.3) is 0 Å². The van der Waals surface area contributed by atoms with Crippen LogP contribution in [-0.4, -0.2) is 42.4 Å². The molecule has 0 saturated carbocycles. The summed E-state index contributed by atoms with van der Waals surface area (Å²) in [7, 11) is 0. The predicted octanol–water partition coefficient (Wildman–Crippen LogP) is 1.64. The van der Waals surface area contributed by atoms with E-state index in [0.717, 1.165) is 6.42 Å². The second-order valence-electron chi connectivity index (χ2n) is 2.93. The minimum absolute atomic E-state index is 0.0160. The normalized spacial score (nSPS) is 12.5. The molecule has 0 aliphatic rings. The Kier molecular flexibility index (Phi) is 6.07. The molecule has 0 unspecified atom stereocenters. The van der Waals surface area contributed by atoms with Crippen molar-refractivity contribution in [2.24, 2.45) is 0 Å². The van der Waals surface area contributed by atoms with Crippen molar-refractivity contribution in [1.82, 2.24) is 4.90 Å². The van der Waals surface area contributed by atoms with Crippen LogP contribution in [0.4, 0.5) is 13.2 Å². The molecule has 0 aromatic carbocycles. The van der Waals surface area contributed by atoms with Crippen molar-refractivity contribution in [2.45, 2.75) is 25.9 Å². The number of hydrogen-bond donors (Lipinski definition) is 1. The van der Waals surface area contributed by atoms with Crippen molar-refractivity contribution < 1.29 is 18.3 Å². The standard InChI is InChI=1S/C8H16F3NO/c1-2-4-12(6-7-13)5-3-8(9,10)11/h13H,2-7H2,1H3. The summed E-state index contributed by atoms with van der Waals surface area (Å²) in [6.07, 6.45) is -4.09. The first-order chi connectivity index (χ1) is 5.99. The van der Waals surface area contributed by atoms with E-state index in [0.29, 0.717) is 13.1 Å². The summed E-state index contributed by atoms with van der Waals surface area (Å²) in [6, 6.07) is 0. The molecule has 0 amide bonds. The lowest BCUT2D eigenvalue weighted by Crippen LogP contribution is -2.31. The molecular formula is C8H16F3NO. The zero-order chi connectivity index (χ0) is 10.3. The van der Waals surface area contributed by atoms with Gasteiger partial charge in [-0.3, -0.25) is 0 Å². The van der Waals surface area contributed by atoms with Crippen LogP contribution in [0, 0.1) is 0 Å². The molecule has 0 spiro atoms. The van der Waals surface area contributed by atoms with Crippen LogP contribution in [0.2, 0.25) is 0 Å². The first-order valence-corrected chi connectivity index (χ1v) is 4.39. The molecule has 0 bridgehead atoms. The highest BCUT2D eigenvalue weighted by Gasteiger charge is 2.27. The number of halogens is 3. The third-order valence-corrected chi connectivity index (χ3v) is 1.67. The Hall–Kier alpha value is -0.290. The molecule has 0 aromatic heterocycles. The van der Waals surface area contributed by atoms with E-state index in [-0.39, 0.29) is 13.2 Å². The molecule has 0 aliphatic heterocycles. The quantitative estimate of drug-likeness (QED) is 0.703. The van der Waals surface area contributed by atoms with Crippen molar-refractivity contribution in [3.05, 3.63) is 0 Å². The van der Waals surface area contributed by atoms with Gasteiger partial charge in [-0.25, -0.2) is 0 Å². The van der Waals surface area contributed by atoms with E-state index >= 15 is 0 Å². The average molecular weight is 199 g/mol. The van der Waals surface area contributed by atoms with E-state index in [1.165, 1.54) is 0 Å². The van der Waals surface area contributed by atoms with Crippen molar-refractivity contribution in [1.29, 1.82) is 0 Å². The Balaban J connectivity index is 3.68. The van der Waals surface area contributed by atoms with E-state index in [2.05, 4.69) is 0 Å². The molecule has 0 heterocycles. The lowest BCUT2D eigenvalue weighted by molar-refractivity contribution is -0.138. The molecule has 0 rings (SSSR count). The van der Waals surface area contributed by atoms with Crippen LogP contribution >= 0.6 is 0 Å². The molecule has 80 valence electrons. The monoisotopic (exact) mass is 199 g/mol. The Morgan fingerprint density at radius 1 is 1.15 bits per heavy atom. The first-order valence-electron chi connectivity index (χ1n) is 4.39. The largest absolute Gasteiger partial charge is 0.395 e. The summed E-state index contributed by atoms with van der Waals surface area (Å²) in [4.78, 5) is 1.62. The number of nitrogens with zero attached hydrogens (tertiary/aromatic N) is 1. The molecule has 0 fully saturated rings. The van der Waals surface area contributed by atoms with Crippen molar-refractivity contribution in [2.75, 3.05) is 26.2 Å². The third kappa shape index (κ3) is 8.05. The fourth-order valence-electron chi connectivity index (χ4n) is 1.08. The molecule has 0 aliphatic carbocycles. The highest BCUT2D eigenvalue weighted by molar-refractivity contribution is 4.60. The van der Waals surface area contributed by atoms with Crippen LogP contribution in [-0.2, 0) is 0 Å². The second kappa shape index (κ2) is 6.21. The van der Waals surface area contributed by atoms with E-state index < -0.39 is 12.6 Å². The Morgan fingerprint density at radius 3 is 2.15 bits per heavy atom. The Morgan fingerprint density at radius 2 is 1.77 bits per heavy atom. The molecule has 0 aromatic rings. The highest BCUT2D eigenvalue weighted by Crippen LogP contribution is 2.19. The predicted molar refractivity (Wildman–Crippen MR) is 44.5 cm³/mol. The fraction of sp³-hybridized carbons (Fsp3) is 1.00. The van der Waals surface area contributed by atoms with Crippen molar-refractivity contribution >= 4 is 0 Å². The van der Waals surface area contributed by atoms with Crippen LogP contribution in [0.1, 0.15) is 19.8 Å². The minimum Gasteiger partial charge on any atom is -0.395 e. The van der Waals surface area contributed by atoms with Gasteiger partial charge in [0, 0.05) is 13.1 Å². The van der Waals surface area contributed by atoms with Crippen LogP contribution in [0.15, 0.2) is 0 Å². The summed E-state index contributed by atoms with van der Waals surface area (Å²) in [5, 5.41) is 8.57. The molecule has 0 atom stereocenters. The summed E-state index contributed by atoms with van der Waals surface area (Å²) in [6.45, 7) is 2.73. The van der Waals surface area contributed by atoms with Gasteiger partial charge in [-0.1, -0.05) is 6.92 Å². The van der Waals surface area contributed by atoms with Crippen LogP contribution in [0.25, 0.3) is 0 Å². The van der Waals surface area contributed by atoms with Gasteiger partial charge in [0.05, 0.1) is 13.0 Å². The molecule has 13 heavy (non-hydrogen) atoms. The average Bonchev–Trinajstić information content (AvgIpc) is 2.00. The Labute approximate surface area is 76.3 Å². The summed E-state index contributed by atoms with van der Waals surface area (Å²) >= 11 is 0. The van der Waals surface area contributed by atoms with Gasteiger partial charge in [0.15, 0.2) is 0 Å². The zero-order valence-corrected chi connectivity index (χ0v) is 7.77. The third-order valence-electron chi connectivity index (χ3n) is 1.67. The molecular weight excluding hydrogens is 183 g/mol. The van der Waals surface area contributed by atoms with Gasteiger partial charge >= 0.3 is 6.18 Å². The van der Waals surface area contributed by atoms with Gasteiger partial charge in [0.2, 0.25) is 0 Å². The van der Waals surface area contributed by atoms with Gasteiger partial charge in [0.1, 0.15) is 0 Å². The second-order valence-corrected chi connectivity index (χ2v) is 2.93. The molecule has 5 heteroatoms. The molecule has 0 radical (unpaired) electrons. The van der Waals surface area contributed by atoms with Crippen LogP contribution in [0.3, 0.4) is 0 Å². The highest BCUT2D eigenvalue weighted by atomic mass is 19.4. The van der Waals surface area contributed by atoms with Gasteiger partial charge in [-0.2, -0.15) is 13.2 Å². The molecule has 1 N–H and O–H groups in total. The number of hydrogen-bond acceptors (Lipinski definition) is 2. The summed E-state index contributed by atoms with van der Waals surface area (Å²) < 4.78 is 35.4. The van der Waals surface area contributed by atoms with E-state index in [9.17, 15) is 13.2 Å². The van der Waals surface area contributed by atoms with Crippen molar-refractivity contribution in [3.63, 3.8) is 0 Å². The summed E-state index contributed by atoms with van der Waals surface area (Å²) in [5.41, 5.74) is 0. The minimum atomic E-state index is -4.10. The number of alkyl halides is 3. The molecule has 0 saturated heterocycles. The SMILES string of the molecule is CCCN(CCO)CCC(F)(F)F. The lowest BCUT2D eigenvalue weighted by Gasteiger charge is -2.20. The van der Waals surface area contributed by atoms with Crippen molar-refractivity contribution in [3.8, 4) is 0 Å². The maximum absolute atomic E-state index is 11.8. The summed E-state index contributed by atoms with van der Waals surface area (Å²) in [5.74, 6) is 0. The number of aliphatic hydroxyl groups is 1.